The molecule has 4 amide bonds. The van der Waals surface area contributed by atoms with Crippen molar-refractivity contribution in [3.63, 3.8) is 0 Å². The number of nitrogens with zero attached hydrogens (tertiary/aromatic N) is 2. The zero-order valence-corrected chi connectivity index (χ0v) is 23.9. The first-order valence-corrected chi connectivity index (χ1v) is 14.5. The van der Waals surface area contributed by atoms with Gasteiger partial charge in [-0.1, -0.05) is 83.9 Å². The molecule has 4 rings (SSSR count). The van der Waals surface area contributed by atoms with Crippen LogP contribution in [0.3, 0.4) is 0 Å². The second-order valence-electron chi connectivity index (χ2n) is 10.2. The van der Waals surface area contributed by atoms with Crippen LogP contribution in [0.25, 0.3) is 0 Å². The third kappa shape index (κ3) is 7.24. The molecule has 0 unspecified atom stereocenters. The molecule has 3 atom stereocenters. The van der Waals surface area contributed by atoms with Crippen molar-refractivity contribution in [2.45, 2.75) is 58.0 Å². The van der Waals surface area contributed by atoms with E-state index < -0.39 is 6.04 Å². The number of halogens is 1. The van der Waals surface area contributed by atoms with Gasteiger partial charge in [0, 0.05) is 36.9 Å². The van der Waals surface area contributed by atoms with Gasteiger partial charge in [-0.3, -0.25) is 24.1 Å². The number of carbonyl (C=O) groups excluding carboxylic acids is 4. The summed E-state index contributed by atoms with van der Waals surface area (Å²) in [6, 6.07) is 16.6. The summed E-state index contributed by atoms with van der Waals surface area (Å²) in [5.41, 5.74) is 1.83. The highest BCUT2D eigenvalue weighted by Gasteiger charge is 2.47. The molecule has 0 aromatic heterocycles. The molecule has 1 N–H and O–H groups in total. The molecule has 0 saturated carbocycles. The number of allylic oxidation sites excluding steroid dienone is 2. The highest BCUT2D eigenvalue weighted by molar-refractivity contribution is 9.10. The smallest absolute Gasteiger partial charge is 0.243 e. The van der Waals surface area contributed by atoms with Crippen LogP contribution >= 0.6 is 15.9 Å². The zero-order valence-electron chi connectivity index (χ0n) is 22.4. The maximum absolute atomic E-state index is 13.8. The van der Waals surface area contributed by atoms with E-state index in [2.05, 4.69) is 28.2 Å². The normalized spacial score (nSPS) is 19.1. The van der Waals surface area contributed by atoms with Gasteiger partial charge in [-0.05, 0) is 42.5 Å². The number of hydrogen-bond acceptors (Lipinski definition) is 4. The SMILES string of the molecule is CCCCNC(=O)[C@@H](Cc1ccccc1)N(Cc1ccc(Br)cc1)C(=O)CCN1C(=O)[C@H]2CC=CC[C@H]2C1=O. The number of likely N-dealkylation sites (tertiary alicyclic amines) is 1. The van der Waals surface area contributed by atoms with Crippen LogP contribution in [0.15, 0.2) is 71.2 Å². The third-order valence-corrected chi connectivity index (χ3v) is 8.04. The highest BCUT2D eigenvalue weighted by Crippen LogP contribution is 2.35. The van der Waals surface area contributed by atoms with Gasteiger partial charge in [-0.25, -0.2) is 0 Å². The third-order valence-electron chi connectivity index (χ3n) is 7.51. The van der Waals surface area contributed by atoms with Gasteiger partial charge in [0.15, 0.2) is 0 Å². The van der Waals surface area contributed by atoms with Crippen LogP contribution in [-0.4, -0.2) is 52.6 Å². The lowest BCUT2D eigenvalue weighted by molar-refractivity contribution is -0.144. The lowest BCUT2D eigenvalue weighted by Crippen LogP contribution is -2.51. The van der Waals surface area contributed by atoms with Crippen molar-refractivity contribution in [3.8, 4) is 0 Å². The molecule has 206 valence electrons. The molecule has 39 heavy (non-hydrogen) atoms. The van der Waals surface area contributed by atoms with Crippen LogP contribution in [0.1, 0.15) is 50.2 Å². The zero-order chi connectivity index (χ0) is 27.8. The first kappa shape index (κ1) is 28.7. The largest absolute Gasteiger partial charge is 0.354 e. The molecule has 0 radical (unpaired) electrons. The van der Waals surface area contributed by atoms with Crippen LogP contribution in [0.2, 0.25) is 0 Å². The van der Waals surface area contributed by atoms with Crippen molar-refractivity contribution < 1.29 is 19.2 Å². The molecule has 7 nitrogen and oxygen atoms in total. The number of imide groups is 1. The first-order chi connectivity index (χ1) is 18.9. The first-order valence-electron chi connectivity index (χ1n) is 13.7. The van der Waals surface area contributed by atoms with Crippen LogP contribution in [0.5, 0.6) is 0 Å². The van der Waals surface area contributed by atoms with E-state index in [1.807, 2.05) is 66.7 Å². The summed E-state index contributed by atoms with van der Waals surface area (Å²) in [4.78, 5) is 56.1. The molecule has 2 aromatic rings. The molecule has 1 aliphatic heterocycles. The average Bonchev–Trinajstić information content (AvgIpc) is 3.20. The van der Waals surface area contributed by atoms with Crippen LogP contribution in [-0.2, 0) is 32.1 Å². The van der Waals surface area contributed by atoms with Crippen molar-refractivity contribution in [1.29, 1.82) is 0 Å². The second kappa shape index (κ2) is 13.7. The summed E-state index contributed by atoms with van der Waals surface area (Å²) < 4.78 is 0.921. The van der Waals surface area contributed by atoms with Gasteiger partial charge in [0.2, 0.25) is 23.6 Å². The number of fused-ring (bicyclic) bond motifs is 1. The fourth-order valence-corrected chi connectivity index (χ4v) is 5.55. The summed E-state index contributed by atoms with van der Waals surface area (Å²) in [6.07, 6.45) is 7.14. The summed E-state index contributed by atoms with van der Waals surface area (Å²) >= 11 is 3.45. The topological polar surface area (TPSA) is 86.8 Å². The number of nitrogens with one attached hydrogen (secondary N) is 1. The van der Waals surface area contributed by atoms with Gasteiger partial charge in [0.25, 0.3) is 0 Å². The van der Waals surface area contributed by atoms with Gasteiger partial charge in [0.1, 0.15) is 6.04 Å². The number of unbranched alkanes of at least 4 members (excludes halogenated alkanes) is 1. The van der Waals surface area contributed by atoms with E-state index in [0.717, 1.165) is 28.4 Å². The minimum atomic E-state index is -0.739. The van der Waals surface area contributed by atoms with Gasteiger partial charge in [-0.2, -0.15) is 0 Å². The number of amides is 4. The van der Waals surface area contributed by atoms with E-state index in [-0.39, 0.29) is 55.0 Å². The fraction of sp³-hybridized carbons (Fsp3) is 0.419. The maximum atomic E-state index is 13.8. The van der Waals surface area contributed by atoms with Gasteiger partial charge >= 0.3 is 0 Å². The number of benzene rings is 2. The molecular weight excluding hydrogens is 558 g/mol. The van der Waals surface area contributed by atoms with E-state index in [9.17, 15) is 19.2 Å². The highest BCUT2D eigenvalue weighted by atomic mass is 79.9. The van der Waals surface area contributed by atoms with Crippen molar-refractivity contribution in [2.75, 3.05) is 13.1 Å². The van der Waals surface area contributed by atoms with Gasteiger partial charge in [0.05, 0.1) is 11.8 Å². The number of carbonyl (C=O) groups is 4. The Morgan fingerprint density at radius 3 is 2.23 bits per heavy atom. The Labute approximate surface area is 238 Å². The molecule has 1 heterocycles. The fourth-order valence-electron chi connectivity index (χ4n) is 5.29. The molecular formula is C31H36BrN3O4. The average molecular weight is 595 g/mol. The van der Waals surface area contributed by atoms with Crippen molar-refractivity contribution in [1.82, 2.24) is 15.1 Å². The molecule has 2 aromatic carbocycles. The summed E-state index contributed by atoms with van der Waals surface area (Å²) in [7, 11) is 0. The Kier molecular flexibility index (Phi) is 10.1. The van der Waals surface area contributed by atoms with Crippen molar-refractivity contribution in [2.24, 2.45) is 11.8 Å². The lowest BCUT2D eigenvalue weighted by atomic mass is 9.85. The van der Waals surface area contributed by atoms with E-state index >= 15 is 0 Å². The molecule has 8 heteroatoms. The number of hydrogen-bond donors (Lipinski definition) is 1. The van der Waals surface area contributed by atoms with E-state index in [0.29, 0.717) is 25.8 Å². The van der Waals surface area contributed by atoms with E-state index in [4.69, 9.17) is 0 Å². The molecule has 0 bridgehead atoms. The quantitative estimate of drug-likeness (QED) is 0.220. The van der Waals surface area contributed by atoms with Crippen molar-refractivity contribution in [3.05, 3.63) is 82.3 Å². The maximum Gasteiger partial charge on any atom is 0.243 e. The Morgan fingerprint density at radius 1 is 0.974 bits per heavy atom. The van der Waals surface area contributed by atoms with E-state index in [1.54, 1.807) is 4.90 Å². The summed E-state index contributed by atoms with van der Waals surface area (Å²) in [5.74, 6) is -1.51. The predicted molar refractivity (Wildman–Crippen MR) is 153 cm³/mol. The molecule has 0 spiro atoms. The van der Waals surface area contributed by atoms with Crippen molar-refractivity contribution >= 4 is 39.6 Å². The molecule has 1 fully saturated rings. The molecule has 1 aliphatic carbocycles. The van der Waals surface area contributed by atoms with Crippen LogP contribution in [0.4, 0.5) is 0 Å². The van der Waals surface area contributed by atoms with E-state index in [1.165, 1.54) is 4.90 Å². The Morgan fingerprint density at radius 2 is 1.62 bits per heavy atom. The number of rotatable bonds is 12. The molecule has 2 aliphatic rings. The lowest BCUT2D eigenvalue weighted by Gasteiger charge is -2.32. The standard InChI is InChI=1S/C31H36BrN3O4/c1-2-3-18-33-29(37)27(20-22-9-5-4-6-10-22)35(21-23-13-15-24(32)16-14-23)28(36)17-19-34-30(38)25-11-7-8-12-26(25)31(34)39/h4-10,13-16,25-27H,2-3,11-12,17-21H2,1H3,(H,33,37)/t25-,26+,27-/m1/s1. The Bertz CT molecular complexity index is 1170. The predicted octanol–water partition coefficient (Wildman–Crippen LogP) is 4.65. The Balaban J connectivity index is 1.56. The summed E-state index contributed by atoms with van der Waals surface area (Å²) in [6.45, 7) is 2.86. The van der Waals surface area contributed by atoms with Crippen LogP contribution in [0, 0.1) is 11.8 Å². The van der Waals surface area contributed by atoms with Gasteiger partial charge in [-0.15, -0.1) is 0 Å². The minimum absolute atomic E-state index is 0.0237. The summed E-state index contributed by atoms with van der Waals surface area (Å²) in [5, 5.41) is 3.01. The monoisotopic (exact) mass is 593 g/mol. The second-order valence-corrected chi connectivity index (χ2v) is 11.1. The van der Waals surface area contributed by atoms with Gasteiger partial charge < -0.3 is 10.2 Å². The van der Waals surface area contributed by atoms with Crippen LogP contribution < -0.4 is 5.32 Å². The Hall–Kier alpha value is -3.26. The molecule has 1 saturated heterocycles. The minimum Gasteiger partial charge on any atom is -0.354 e.